The smallest absolute Gasteiger partial charge is 0.524 e. The van der Waals surface area contributed by atoms with Gasteiger partial charge in [-0.25, -0.2) is 4.79 Å². The number of hydrogen-bond acceptors (Lipinski definition) is 11. The van der Waals surface area contributed by atoms with Gasteiger partial charge in [0, 0.05) is 36.2 Å². The molecule has 4 fully saturated rings. The fraction of sp³-hybridized carbons (Fsp3) is 0.391. The lowest BCUT2D eigenvalue weighted by Crippen LogP contribution is -2.41. The van der Waals surface area contributed by atoms with E-state index in [1.807, 2.05) is 80.6 Å². The summed E-state index contributed by atoms with van der Waals surface area (Å²) < 4.78 is 75.7. The van der Waals surface area contributed by atoms with Crippen LogP contribution in [0.15, 0.2) is 182 Å². The van der Waals surface area contributed by atoms with Crippen LogP contribution in [0.5, 0.6) is 11.5 Å². The van der Waals surface area contributed by atoms with Crippen LogP contribution in [0, 0.1) is 11.8 Å². The van der Waals surface area contributed by atoms with Crippen molar-refractivity contribution in [1.29, 1.82) is 0 Å². The Morgan fingerprint density at radius 3 is 1.89 bits per heavy atom. The van der Waals surface area contributed by atoms with Crippen LogP contribution in [-0.2, 0) is 48.6 Å². The van der Waals surface area contributed by atoms with Crippen LogP contribution >= 0.6 is 11.3 Å². The van der Waals surface area contributed by atoms with Gasteiger partial charge >= 0.3 is 32.6 Å². The molecule has 0 bridgehead atoms. The summed E-state index contributed by atoms with van der Waals surface area (Å²) in [5.41, 5.74) is 4.71. The third-order valence-corrected chi connectivity index (χ3v) is 17.8. The molecule has 0 spiro atoms. The van der Waals surface area contributed by atoms with Gasteiger partial charge in [0.1, 0.15) is 22.0 Å². The standard InChI is InChI=1S/C27H33F2NO4S.C18H20BNO.C18H21F2NO2.C6H4BO2/c1-19(8-6-11-20-9-4-3-5-10-20)23(31)15-13-21-18-27(28,29)26(33)30(21)17-7-12-22-14-16-24(35-22)25(32)34-2;1-19-20-14-8-13-17(20)18(21-19,15-9-4-2-5-10-15)16-11-6-3-7-12-16;1-13(6-5-9-14-7-3-2-4-8-14)16(22)11-10-15-12-18(19,20)17(23)21-15;1-2-4-6-5(3-1)8-7-9-6/h3-5,9-10,13-16,19,21,23,31H,6-8,11-12,17-18H2,1-2H3;2-7,9-12,17H,8,13-14H2,1H3;2-4,7-8,10-11,13,15H,5-6,9,12H2,1H3,(H,21,23);1-4H/b15-13+;;11-10+;/t19-,21+,23-;17-;13-,15+;/m111./s1. The molecule has 5 aliphatic heterocycles. The van der Waals surface area contributed by atoms with Gasteiger partial charge in [-0.05, 0) is 136 Å². The van der Waals surface area contributed by atoms with Gasteiger partial charge in [0.05, 0.1) is 25.3 Å². The van der Waals surface area contributed by atoms with E-state index in [-0.39, 0.29) is 36.8 Å². The molecular formula is C69H78B2F4N3O9S. The first-order valence-electron chi connectivity index (χ1n) is 30.4. The van der Waals surface area contributed by atoms with Gasteiger partial charge in [-0.3, -0.25) is 14.4 Å². The van der Waals surface area contributed by atoms with E-state index in [1.165, 1.54) is 78.3 Å². The van der Waals surface area contributed by atoms with Crippen LogP contribution in [0.1, 0.15) is 108 Å². The highest BCUT2D eigenvalue weighted by Gasteiger charge is 2.57. The maximum Gasteiger partial charge on any atom is 0.658 e. The second-order valence-corrected chi connectivity index (χ2v) is 24.1. The Bertz CT molecular complexity index is 3190. The number of aliphatic hydroxyl groups excluding tert-OH is 1. The molecule has 11 rings (SSSR count). The number of halogens is 4. The predicted molar refractivity (Wildman–Crippen MR) is 336 cm³/mol. The first-order chi connectivity index (χ1) is 42.4. The molecule has 0 saturated carbocycles. The minimum Gasteiger partial charge on any atom is -0.524 e. The number of aliphatic hydroxyl groups is 1. The van der Waals surface area contributed by atoms with Crippen molar-refractivity contribution in [3.8, 4) is 11.5 Å². The van der Waals surface area contributed by atoms with E-state index in [2.05, 4.69) is 102 Å². The lowest BCUT2D eigenvalue weighted by atomic mass is 9.79. The average molecular weight is 1220 g/mol. The zero-order chi connectivity index (χ0) is 62.7. The van der Waals surface area contributed by atoms with Gasteiger partial charge in [0.15, 0.2) is 5.78 Å². The summed E-state index contributed by atoms with van der Waals surface area (Å²) in [7, 11) is 2.82. The van der Waals surface area contributed by atoms with Crippen molar-refractivity contribution >= 4 is 49.6 Å². The van der Waals surface area contributed by atoms with Crippen LogP contribution in [0.25, 0.3) is 0 Å². The molecule has 4 saturated heterocycles. The molecule has 19 heteroatoms. The second kappa shape index (κ2) is 31.7. The number of ether oxygens (including phenoxy) is 1. The molecule has 6 aromatic rings. The summed E-state index contributed by atoms with van der Waals surface area (Å²) in [5.74, 6) is -8.28. The molecule has 12 nitrogen and oxygen atoms in total. The molecule has 2 N–H and O–H groups in total. The van der Waals surface area contributed by atoms with E-state index in [9.17, 15) is 41.8 Å². The van der Waals surface area contributed by atoms with E-state index in [0.717, 1.165) is 61.4 Å². The number of thiophene rings is 1. The average Bonchev–Trinajstić information content (AvgIpc) is 2.53. The van der Waals surface area contributed by atoms with Gasteiger partial charge in [0.2, 0.25) is 0 Å². The lowest BCUT2D eigenvalue weighted by molar-refractivity contribution is -0.148. The number of hydrogen-bond donors (Lipinski definition) is 2. The number of alkyl halides is 4. The Kier molecular flexibility index (Phi) is 24.0. The molecule has 1 aromatic heterocycles. The van der Waals surface area contributed by atoms with Gasteiger partial charge in [-0.1, -0.05) is 166 Å². The molecule has 0 unspecified atom stereocenters. The first kappa shape index (κ1) is 66.6. The number of methoxy groups -OCH3 is 1. The Labute approximate surface area is 519 Å². The number of fused-ring (bicyclic) bond motifs is 2. The minimum absolute atomic E-state index is 0.0242. The van der Waals surface area contributed by atoms with Gasteiger partial charge < -0.3 is 38.8 Å². The van der Waals surface area contributed by atoms with Crippen molar-refractivity contribution in [3.05, 3.63) is 214 Å². The number of nitrogens with one attached hydrogen (secondary N) is 1. The molecule has 88 heavy (non-hydrogen) atoms. The number of rotatable bonds is 21. The molecule has 5 aliphatic rings. The number of allylic oxidation sites excluding steroid dienone is 1. The maximum atomic E-state index is 14.2. The number of likely N-dealkylation sites (tertiary alicyclic amines) is 1. The highest BCUT2D eigenvalue weighted by atomic mass is 32.1. The highest BCUT2D eigenvalue weighted by molar-refractivity contribution is 7.13. The van der Waals surface area contributed by atoms with Crippen LogP contribution in [0.4, 0.5) is 17.6 Å². The van der Waals surface area contributed by atoms with Crippen LogP contribution < -0.4 is 14.6 Å². The van der Waals surface area contributed by atoms with Gasteiger partial charge in [-0.2, -0.15) is 17.6 Å². The molecule has 5 aromatic carbocycles. The fourth-order valence-corrected chi connectivity index (χ4v) is 12.7. The molecule has 6 heterocycles. The van der Waals surface area contributed by atoms with E-state index in [4.69, 9.17) is 18.7 Å². The number of esters is 1. The highest BCUT2D eigenvalue weighted by Crippen LogP contribution is 2.49. The van der Waals surface area contributed by atoms with Crippen molar-refractivity contribution in [3.63, 3.8) is 0 Å². The van der Waals surface area contributed by atoms with Gasteiger partial charge in [0.25, 0.3) is 11.8 Å². The number of carbonyl (C=O) groups is 4. The van der Waals surface area contributed by atoms with Crippen molar-refractivity contribution < 1.29 is 60.5 Å². The van der Waals surface area contributed by atoms with E-state index in [1.54, 1.807) is 18.2 Å². The zero-order valence-corrected chi connectivity index (χ0v) is 51.2. The lowest BCUT2D eigenvalue weighted by Gasteiger charge is -2.36. The summed E-state index contributed by atoms with van der Waals surface area (Å²) in [6.45, 7) is 7.28. The quantitative estimate of drug-likeness (QED) is 0.0235. The largest absolute Gasteiger partial charge is 0.658 e. The summed E-state index contributed by atoms with van der Waals surface area (Å²) in [6, 6.07) is 51.6. The van der Waals surface area contributed by atoms with Gasteiger partial charge in [-0.15, -0.1) is 11.3 Å². The second-order valence-electron chi connectivity index (χ2n) is 23.0. The third kappa shape index (κ3) is 17.7. The minimum atomic E-state index is -3.40. The molecule has 0 aliphatic carbocycles. The molecule has 1 radical (unpaired) electrons. The monoisotopic (exact) mass is 1220 g/mol. The Morgan fingerprint density at radius 2 is 1.32 bits per heavy atom. The fourth-order valence-electron chi connectivity index (χ4n) is 11.8. The molecular weight excluding hydrogens is 1140 g/mol. The molecule has 2 amide bonds. The summed E-state index contributed by atoms with van der Waals surface area (Å²) in [4.78, 5) is 52.0. The van der Waals surface area contributed by atoms with Crippen LogP contribution in [-0.4, -0.2) is 109 Å². The number of carbonyl (C=O) groups excluding carboxylic acids is 4. The summed E-state index contributed by atoms with van der Waals surface area (Å²) >= 11 is 1.30. The Balaban J connectivity index is 0.000000164. The molecule has 463 valence electrons. The van der Waals surface area contributed by atoms with Crippen LogP contribution in [0.2, 0.25) is 6.82 Å². The molecule has 6 atom stereocenters. The van der Waals surface area contributed by atoms with Crippen molar-refractivity contribution in [2.24, 2.45) is 11.8 Å². The number of para-hydroxylation sites is 2. The normalized spacial score (nSPS) is 20.4. The van der Waals surface area contributed by atoms with Crippen molar-refractivity contribution in [1.82, 2.24) is 15.0 Å². The first-order valence-corrected chi connectivity index (χ1v) is 31.2. The van der Waals surface area contributed by atoms with Crippen molar-refractivity contribution in [2.75, 3.05) is 20.2 Å². The van der Waals surface area contributed by atoms with Crippen LogP contribution in [0.3, 0.4) is 0 Å². The topological polar surface area (TPSA) is 144 Å². The SMILES string of the molecule is CB1OC(c2ccccc2)(c2ccccc2)[C@H]2CCCN12.COC(=O)c1ccc(CCCN2C(=O)C(F)(F)C[C@@H]2/C=C/[C@@H](O)[C@H](C)CCCc2ccccc2)s1.C[C@H](CCCc1ccccc1)C(=O)/C=C/[C@H]1CC(F)(F)C(=O)N1.[B]1Oc2ccccc2O1. The summed E-state index contributed by atoms with van der Waals surface area (Å²) in [5, 5.41) is 12.7. The number of benzene rings is 5. The number of aryl methyl sites for hydroxylation is 3. The number of ketones is 1. The van der Waals surface area contributed by atoms with Crippen molar-refractivity contribution in [2.45, 2.75) is 139 Å². The zero-order valence-electron chi connectivity index (χ0n) is 50.4. The third-order valence-electron chi connectivity index (χ3n) is 16.6. The van der Waals surface area contributed by atoms with E-state index < -0.39 is 60.7 Å². The maximum absolute atomic E-state index is 14.2. The number of amides is 2. The van der Waals surface area contributed by atoms with E-state index >= 15 is 0 Å². The number of nitrogens with zero attached hydrogens (tertiary/aromatic N) is 2. The Hall–Kier alpha value is -7.31. The summed E-state index contributed by atoms with van der Waals surface area (Å²) in [6.07, 6.45) is 12.6. The Morgan fingerprint density at radius 1 is 0.750 bits per heavy atom. The van der Waals surface area contributed by atoms with E-state index in [0.29, 0.717) is 23.8 Å². The predicted octanol–water partition coefficient (Wildman–Crippen LogP) is 13.1.